The fourth-order valence-electron chi connectivity index (χ4n) is 1.74. The number of amides is 4. The maximum Gasteiger partial charge on any atom is 0.326 e. The number of urea groups is 1. The number of carboxylic acids is 1. The van der Waals surface area contributed by atoms with Crippen LogP contribution in [0.25, 0.3) is 0 Å². The number of piperazine rings is 1. The molecule has 0 bridgehead atoms. The van der Waals surface area contributed by atoms with Crippen LogP contribution < -0.4 is 10.6 Å². The Morgan fingerprint density at radius 1 is 1.53 bits per heavy atom. The van der Waals surface area contributed by atoms with Crippen LogP contribution in [0.1, 0.15) is 26.7 Å². The molecule has 8 nitrogen and oxygen atoms in total. The summed E-state index contributed by atoms with van der Waals surface area (Å²) in [5.41, 5.74) is 0. The van der Waals surface area contributed by atoms with Crippen LogP contribution in [0.3, 0.4) is 0 Å². The van der Waals surface area contributed by atoms with Crippen molar-refractivity contribution in [2.24, 2.45) is 0 Å². The van der Waals surface area contributed by atoms with Crippen LogP contribution in [-0.4, -0.2) is 52.4 Å². The third kappa shape index (κ3) is 3.67. The van der Waals surface area contributed by atoms with E-state index in [0.29, 0.717) is 6.42 Å². The van der Waals surface area contributed by atoms with Gasteiger partial charge in [0.25, 0.3) is 0 Å². The quantitative estimate of drug-likeness (QED) is 0.584. The predicted octanol–water partition coefficient (Wildman–Crippen LogP) is -0.704. The minimum Gasteiger partial charge on any atom is -0.480 e. The first kappa shape index (κ1) is 14.9. The van der Waals surface area contributed by atoms with Gasteiger partial charge in [-0.3, -0.25) is 14.9 Å². The summed E-state index contributed by atoms with van der Waals surface area (Å²) in [5.74, 6) is -2.30. The van der Waals surface area contributed by atoms with Gasteiger partial charge in [-0.25, -0.2) is 9.59 Å². The first-order valence-corrected chi connectivity index (χ1v) is 6.00. The van der Waals surface area contributed by atoms with Crippen molar-refractivity contribution in [2.75, 3.05) is 6.54 Å². The van der Waals surface area contributed by atoms with E-state index in [2.05, 4.69) is 10.6 Å². The second-order valence-corrected chi connectivity index (χ2v) is 4.35. The molecule has 1 rings (SSSR count). The van der Waals surface area contributed by atoms with E-state index >= 15 is 0 Å². The van der Waals surface area contributed by atoms with Gasteiger partial charge in [0.1, 0.15) is 18.6 Å². The maximum atomic E-state index is 11.9. The Bertz CT molecular complexity index is 409. The first-order valence-electron chi connectivity index (χ1n) is 6.00. The van der Waals surface area contributed by atoms with Gasteiger partial charge >= 0.3 is 12.0 Å². The molecule has 2 unspecified atom stereocenters. The zero-order chi connectivity index (χ0) is 14.6. The van der Waals surface area contributed by atoms with Gasteiger partial charge in [-0.05, 0) is 13.3 Å². The number of nitrogens with zero attached hydrogens (tertiary/aromatic N) is 1. The van der Waals surface area contributed by atoms with Crippen molar-refractivity contribution in [3.05, 3.63) is 0 Å². The van der Waals surface area contributed by atoms with Crippen molar-refractivity contribution in [3.8, 4) is 0 Å². The molecule has 1 saturated heterocycles. The fourth-order valence-corrected chi connectivity index (χ4v) is 1.74. The first-order chi connectivity index (χ1) is 8.86. The molecule has 0 spiro atoms. The molecule has 1 aliphatic rings. The molecule has 1 aliphatic heterocycles. The lowest BCUT2D eigenvalue weighted by molar-refractivity contribution is -0.139. The molecule has 8 heteroatoms. The number of hydrogen-bond acceptors (Lipinski definition) is 4. The monoisotopic (exact) mass is 271 g/mol. The van der Waals surface area contributed by atoms with E-state index in [1.807, 2.05) is 0 Å². The van der Waals surface area contributed by atoms with Crippen LogP contribution in [0.5, 0.6) is 0 Å². The standard InChI is InChI=1S/C11H17N3O5/c1-3-4-7(10(17)18)12-11(19)14-5-8(15)13-9(16)6(14)2/h6-7H,3-5H2,1-2H3,(H,12,19)(H,17,18)(H,13,15,16). The minimum absolute atomic E-state index is 0.267. The molecule has 2 atom stereocenters. The molecule has 0 aromatic heterocycles. The fraction of sp³-hybridized carbons (Fsp3) is 0.636. The van der Waals surface area contributed by atoms with Crippen molar-refractivity contribution in [1.29, 1.82) is 0 Å². The van der Waals surface area contributed by atoms with Crippen LogP contribution >= 0.6 is 0 Å². The van der Waals surface area contributed by atoms with Gasteiger partial charge in [0, 0.05) is 0 Å². The van der Waals surface area contributed by atoms with E-state index in [4.69, 9.17) is 5.11 Å². The number of carbonyl (C=O) groups is 4. The largest absolute Gasteiger partial charge is 0.480 e. The molecule has 19 heavy (non-hydrogen) atoms. The number of carbonyl (C=O) groups excluding carboxylic acids is 3. The molecule has 0 aliphatic carbocycles. The number of rotatable bonds is 4. The predicted molar refractivity (Wildman–Crippen MR) is 64.2 cm³/mol. The van der Waals surface area contributed by atoms with Gasteiger partial charge in [-0.1, -0.05) is 13.3 Å². The Morgan fingerprint density at radius 3 is 2.68 bits per heavy atom. The summed E-state index contributed by atoms with van der Waals surface area (Å²) >= 11 is 0. The van der Waals surface area contributed by atoms with Gasteiger partial charge in [-0.15, -0.1) is 0 Å². The van der Waals surface area contributed by atoms with E-state index in [-0.39, 0.29) is 13.0 Å². The molecule has 0 aromatic rings. The van der Waals surface area contributed by atoms with Gasteiger partial charge in [-0.2, -0.15) is 0 Å². The molecule has 3 N–H and O–H groups in total. The molecular formula is C11H17N3O5. The zero-order valence-electron chi connectivity index (χ0n) is 10.8. The summed E-state index contributed by atoms with van der Waals surface area (Å²) in [4.78, 5) is 46.5. The molecule has 1 fully saturated rings. The van der Waals surface area contributed by atoms with Crippen LogP contribution in [0.4, 0.5) is 4.79 Å². The normalized spacial score (nSPS) is 20.7. The highest BCUT2D eigenvalue weighted by Gasteiger charge is 2.34. The highest BCUT2D eigenvalue weighted by atomic mass is 16.4. The maximum absolute atomic E-state index is 11.9. The van der Waals surface area contributed by atoms with Crippen molar-refractivity contribution >= 4 is 23.8 Å². The summed E-state index contributed by atoms with van der Waals surface area (Å²) in [6, 6.07) is -2.56. The number of hydrogen-bond donors (Lipinski definition) is 3. The smallest absolute Gasteiger partial charge is 0.326 e. The number of aliphatic carboxylic acids is 1. The van der Waals surface area contributed by atoms with Gasteiger partial charge < -0.3 is 15.3 Å². The third-order valence-electron chi connectivity index (χ3n) is 2.86. The Hall–Kier alpha value is -2.12. The van der Waals surface area contributed by atoms with Crippen LogP contribution in [-0.2, 0) is 14.4 Å². The number of carboxylic acid groups (broad SMARTS) is 1. The van der Waals surface area contributed by atoms with Crippen molar-refractivity contribution in [1.82, 2.24) is 15.5 Å². The van der Waals surface area contributed by atoms with E-state index in [0.717, 1.165) is 4.90 Å². The van der Waals surface area contributed by atoms with Gasteiger partial charge in [0.2, 0.25) is 11.8 Å². The second-order valence-electron chi connectivity index (χ2n) is 4.35. The molecule has 1 heterocycles. The summed E-state index contributed by atoms with van der Waals surface area (Å²) < 4.78 is 0. The lowest BCUT2D eigenvalue weighted by Gasteiger charge is -2.32. The lowest BCUT2D eigenvalue weighted by atomic mass is 10.1. The molecule has 0 saturated carbocycles. The molecule has 0 aromatic carbocycles. The van der Waals surface area contributed by atoms with Crippen molar-refractivity contribution in [3.63, 3.8) is 0 Å². The molecule has 106 valence electrons. The average Bonchev–Trinajstić information content (AvgIpc) is 2.32. The van der Waals surface area contributed by atoms with E-state index in [1.165, 1.54) is 6.92 Å². The van der Waals surface area contributed by atoms with Crippen LogP contribution in [0.15, 0.2) is 0 Å². The summed E-state index contributed by atoms with van der Waals surface area (Å²) in [6.45, 7) is 3.00. The van der Waals surface area contributed by atoms with E-state index in [1.54, 1.807) is 6.92 Å². The minimum atomic E-state index is -1.14. The topological polar surface area (TPSA) is 116 Å². The lowest BCUT2D eigenvalue weighted by Crippen LogP contribution is -2.61. The SMILES string of the molecule is CCCC(NC(=O)N1CC(=O)NC(=O)C1C)C(=O)O. The Balaban J connectivity index is 2.72. The Morgan fingerprint density at radius 2 is 2.16 bits per heavy atom. The Labute approximate surface area is 110 Å². The van der Waals surface area contributed by atoms with Crippen molar-refractivity contribution < 1.29 is 24.3 Å². The molecule has 0 radical (unpaired) electrons. The third-order valence-corrected chi connectivity index (χ3v) is 2.86. The summed E-state index contributed by atoms with van der Waals surface area (Å²) in [5, 5.41) is 13.4. The zero-order valence-corrected chi connectivity index (χ0v) is 10.8. The van der Waals surface area contributed by atoms with E-state index < -0.39 is 35.9 Å². The molecule has 4 amide bonds. The van der Waals surface area contributed by atoms with E-state index in [9.17, 15) is 19.2 Å². The van der Waals surface area contributed by atoms with Crippen LogP contribution in [0.2, 0.25) is 0 Å². The molecular weight excluding hydrogens is 254 g/mol. The highest BCUT2D eigenvalue weighted by Crippen LogP contribution is 2.06. The average molecular weight is 271 g/mol. The second kappa shape index (κ2) is 6.17. The van der Waals surface area contributed by atoms with Crippen molar-refractivity contribution in [2.45, 2.75) is 38.8 Å². The summed E-state index contributed by atoms with van der Waals surface area (Å²) in [7, 11) is 0. The summed E-state index contributed by atoms with van der Waals surface area (Å²) in [6.07, 6.45) is 0.871. The van der Waals surface area contributed by atoms with Gasteiger partial charge in [0.05, 0.1) is 0 Å². The Kier molecular flexibility index (Phi) is 4.85. The number of nitrogens with one attached hydrogen (secondary N) is 2. The van der Waals surface area contributed by atoms with Crippen LogP contribution in [0, 0.1) is 0 Å². The van der Waals surface area contributed by atoms with Gasteiger partial charge in [0.15, 0.2) is 0 Å². The highest BCUT2D eigenvalue weighted by molar-refractivity contribution is 6.04. The number of imide groups is 1.